The standard InChI is InChI=1S/C11H15N5/c1-16-7-8(6-15-16)5-14-9-2-3-10(12)11(13)4-9/h2-4,6-7,14H,5,12-13H2,1H3. The maximum absolute atomic E-state index is 5.71. The van der Waals surface area contributed by atoms with Gasteiger partial charge in [0.2, 0.25) is 0 Å². The third-order valence-electron chi connectivity index (χ3n) is 2.34. The summed E-state index contributed by atoms with van der Waals surface area (Å²) in [4.78, 5) is 0. The van der Waals surface area contributed by atoms with E-state index in [0.717, 1.165) is 17.8 Å². The first-order chi connectivity index (χ1) is 7.65. The number of benzene rings is 1. The summed E-state index contributed by atoms with van der Waals surface area (Å²) in [5.74, 6) is 0. The first kappa shape index (κ1) is 10.4. The lowest BCUT2D eigenvalue weighted by molar-refractivity contribution is 0.767. The van der Waals surface area contributed by atoms with Crippen LogP contribution in [0.4, 0.5) is 17.1 Å². The lowest BCUT2D eigenvalue weighted by atomic mass is 10.2. The monoisotopic (exact) mass is 217 g/mol. The average Bonchev–Trinajstić information content (AvgIpc) is 2.66. The van der Waals surface area contributed by atoms with Crippen LogP contribution < -0.4 is 16.8 Å². The van der Waals surface area contributed by atoms with Crippen LogP contribution in [-0.4, -0.2) is 9.78 Å². The van der Waals surface area contributed by atoms with Crippen molar-refractivity contribution in [3.05, 3.63) is 36.2 Å². The van der Waals surface area contributed by atoms with E-state index in [1.165, 1.54) is 0 Å². The number of rotatable bonds is 3. The van der Waals surface area contributed by atoms with Gasteiger partial charge in [-0.3, -0.25) is 4.68 Å². The zero-order chi connectivity index (χ0) is 11.5. The van der Waals surface area contributed by atoms with Crippen LogP contribution in [0, 0.1) is 0 Å². The van der Waals surface area contributed by atoms with Gasteiger partial charge in [-0.1, -0.05) is 0 Å². The van der Waals surface area contributed by atoms with Crippen molar-refractivity contribution in [3.63, 3.8) is 0 Å². The Morgan fingerprint density at radius 1 is 1.31 bits per heavy atom. The van der Waals surface area contributed by atoms with Crippen LogP contribution in [0.5, 0.6) is 0 Å². The molecule has 5 heteroatoms. The second kappa shape index (κ2) is 4.14. The van der Waals surface area contributed by atoms with Crippen molar-refractivity contribution in [2.45, 2.75) is 6.54 Å². The molecule has 0 atom stereocenters. The van der Waals surface area contributed by atoms with Crippen molar-refractivity contribution in [2.75, 3.05) is 16.8 Å². The summed E-state index contributed by atoms with van der Waals surface area (Å²) in [5, 5.41) is 7.35. The quantitative estimate of drug-likeness (QED) is 0.675. The van der Waals surface area contributed by atoms with Gasteiger partial charge in [0.25, 0.3) is 0 Å². The third kappa shape index (κ3) is 2.25. The summed E-state index contributed by atoms with van der Waals surface area (Å²) in [5.41, 5.74) is 14.6. The molecule has 5 nitrogen and oxygen atoms in total. The van der Waals surface area contributed by atoms with Crippen LogP contribution in [0.15, 0.2) is 30.6 Å². The van der Waals surface area contributed by atoms with E-state index in [4.69, 9.17) is 11.5 Å². The average molecular weight is 217 g/mol. The zero-order valence-electron chi connectivity index (χ0n) is 9.14. The number of hydrogen-bond acceptors (Lipinski definition) is 4. The molecule has 1 aromatic heterocycles. The van der Waals surface area contributed by atoms with Gasteiger partial charge in [0, 0.05) is 31.0 Å². The molecule has 0 fully saturated rings. The van der Waals surface area contributed by atoms with Gasteiger partial charge in [-0.15, -0.1) is 0 Å². The van der Waals surface area contributed by atoms with Crippen LogP contribution in [0.25, 0.3) is 0 Å². The van der Waals surface area contributed by atoms with E-state index in [0.29, 0.717) is 11.4 Å². The highest BCUT2D eigenvalue weighted by Gasteiger charge is 1.99. The first-order valence-corrected chi connectivity index (χ1v) is 5.01. The smallest absolute Gasteiger partial charge is 0.0568 e. The predicted molar refractivity (Wildman–Crippen MR) is 65.8 cm³/mol. The van der Waals surface area contributed by atoms with Gasteiger partial charge >= 0.3 is 0 Å². The van der Waals surface area contributed by atoms with Crippen molar-refractivity contribution < 1.29 is 0 Å². The molecule has 2 aromatic rings. The van der Waals surface area contributed by atoms with Crippen LogP contribution in [0.2, 0.25) is 0 Å². The molecule has 84 valence electrons. The van der Waals surface area contributed by atoms with E-state index in [-0.39, 0.29) is 0 Å². The number of nitrogens with two attached hydrogens (primary N) is 2. The number of aryl methyl sites for hydroxylation is 1. The predicted octanol–water partition coefficient (Wildman–Crippen LogP) is 1.20. The maximum Gasteiger partial charge on any atom is 0.0568 e. The molecule has 2 rings (SSSR count). The summed E-state index contributed by atoms with van der Waals surface area (Å²) in [6.45, 7) is 0.719. The van der Waals surface area contributed by atoms with Gasteiger partial charge < -0.3 is 16.8 Å². The highest BCUT2D eigenvalue weighted by Crippen LogP contribution is 2.19. The van der Waals surface area contributed by atoms with Crippen LogP contribution >= 0.6 is 0 Å². The number of nitrogens with one attached hydrogen (secondary N) is 1. The van der Waals surface area contributed by atoms with Crippen LogP contribution in [-0.2, 0) is 13.6 Å². The second-order valence-corrected chi connectivity index (χ2v) is 3.72. The number of nitrogens with zero attached hydrogens (tertiary/aromatic N) is 2. The van der Waals surface area contributed by atoms with E-state index in [2.05, 4.69) is 10.4 Å². The van der Waals surface area contributed by atoms with Crippen LogP contribution in [0.3, 0.4) is 0 Å². The lowest BCUT2D eigenvalue weighted by Crippen LogP contribution is -2.00. The highest BCUT2D eigenvalue weighted by molar-refractivity contribution is 5.69. The molecule has 0 unspecified atom stereocenters. The van der Waals surface area contributed by atoms with Crippen LogP contribution in [0.1, 0.15) is 5.56 Å². The molecule has 0 bridgehead atoms. The summed E-state index contributed by atoms with van der Waals surface area (Å²) in [7, 11) is 1.89. The molecule has 16 heavy (non-hydrogen) atoms. The molecule has 0 aliphatic carbocycles. The van der Waals surface area contributed by atoms with Gasteiger partial charge in [-0.25, -0.2) is 0 Å². The molecular weight excluding hydrogens is 202 g/mol. The Morgan fingerprint density at radius 3 is 2.75 bits per heavy atom. The molecular formula is C11H15N5. The van der Waals surface area contributed by atoms with Gasteiger partial charge in [0.1, 0.15) is 0 Å². The van der Waals surface area contributed by atoms with E-state index in [1.807, 2.05) is 31.6 Å². The summed E-state index contributed by atoms with van der Waals surface area (Å²) >= 11 is 0. The molecule has 0 aliphatic heterocycles. The van der Waals surface area contributed by atoms with Crippen molar-refractivity contribution in [1.29, 1.82) is 0 Å². The third-order valence-corrected chi connectivity index (χ3v) is 2.34. The minimum atomic E-state index is 0.594. The topological polar surface area (TPSA) is 81.9 Å². The molecule has 1 heterocycles. The van der Waals surface area contributed by atoms with E-state index in [9.17, 15) is 0 Å². The van der Waals surface area contributed by atoms with E-state index >= 15 is 0 Å². The van der Waals surface area contributed by atoms with E-state index < -0.39 is 0 Å². The Morgan fingerprint density at radius 2 is 2.12 bits per heavy atom. The largest absolute Gasteiger partial charge is 0.397 e. The number of anilines is 3. The number of aromatic nitrogens is 2. The fourth-order valence-corrected chi connectivity index (χ4v) is 1.45. The minimum absolute atomic E-state index is 0.594. The zero-order valence-corrected chi connectivity index (χ0v) is 9.14. The Labute approximate surface area is 94.1 Å². The van der Waals surface area contributed by atoms with Crippen molar-refractivity contribution in [1.82, 2.24) is 9.78 Å². The van der Waals surface area contributed by atoms with Gasteiger partial charge in [0.15, 0.2) is 0 Å². The summed E-state index contributed by atoms with van der Waals surface area (Å²) in [6.07, 6.45) is 3.79. The second-order valence-electron chi connectivity index (χ2n) is 3.72. The summed E-state index contributed by atoms with van der Waals surface area (Å²) in [6, 6.07) is 5.52. The van der Waals surface area contributed by atoms with Crippen molar-refractivity contribution in [2.24, 2.45) is 7.05 Å². The first-order valence-electron chi connectivity index (χ1n) is 5.01. The normalized spacial score (nSPS) is 10.3. The minimum Gasteiger partial charge on any atom is -0.397 e. The Hall–Kier alpha value is -2.17. The fraction of sp³-hybridized carbons (Fsp3) is 0.182. The van der Waals surface area contributed by atoms with Crippen molar-refractivity contribution in [3.8, 4) is 0 Å². The number of nitrogen functional groups attached to an aromatic ring is 2. The Bertz CT molecular complexity index is 489. The fourth-order valence-electron chi connectivity index (χ4n) is 1.45. The summed E-state index contributed by atoms with van der Waals surface area (Å²) < 4.78 is 1.77. The molecule has 0 radical (unpaired) electrons. The highest BCUT2D eigenvalue weighted by atomic mass is 15.2. The molecule has 0 saturated carbocycles. The Balaban J connectivity index is 2.02. The SMILES string of the molecule is Cn1cc(CNc2ccc(N)c(N)c2)cn1. The van der Waals surface area contributed by atoms with Gasteiger partial charge in [0.05, 0.1) is 17.6 Å². The van der Waals surface area contributed by atoms with Gasteiger partial charge in [-0.05, 0) is 18.2 Å². The molecule has 5 N–H and O–H groups in total. The Kier molecular flexibility index (Phi) is 2.68. The number of hydrogen-bond donors (Lipinski definition) is 3. The molecule has 0 saturated heterocycles. The molecule has 0 amide bonds. The van der Waals surface area contributed by atoms with E-state index in [1.54, 1.807) is 10.7 Å². The molecule has 1 aromatic carbocycles. The lowest BCUT2D eigenvalue weighted by Gasteiger charge is -2.07. The van der Waals surface area contributed by atoms with Gasteiger partial charge in [-0.2, -0.15) is 5.10 Å². The van der Waals surface area contributed by atoms with Crippen molar-refractivity contribution >= 4 is 17.1 Å². The maximum atomic E-state index is 5.71. The molecule has 0 aliphatic rings. The molecule has 0 spiro atoms.